The summed E-state index contributed by atoms with van der Waals surface area (Å²) < 4.78 is 10.3. The van der Waals surface area contributed by atoms with Crippen molar-refractivity contribution in [1.29, 1.82) is 0 Å². The average Bonchev–Trinajstić information content (AvgIpc) is 2.60. The third-order valence-corrected chi connectivity index (χ3v) is 3.79. The van der Waals surface area contributed by atoms with Gasteiger partial charge in [0.2, 0.25) is 5.91 Å². The van der Waals surface area contributed by atoms with Gasteiger partial charge in [-0.25, -0.2) is 0 Å². The first-order valence-electron chi connectivity index (χ1n) is 7.73. The molecule has 24 heavy (non-hydrogen) atoms. The highest BCUT2D eigenvalue weighted by molar-refractivity contribution is 5.92. The van der Waals surface area contributed by atoms with Crippen LogP contribution in [-0.2, 0) is 10.3 Å². The Morgan fingerprint density at radius 2 is 1.42 bits per heavy atom. The minimum absolute atomic E-state index is 0.147. The van der Waals surface area contributed by atoms with Crippen LogP contribution in [-0.4, -0.2) is 20.1 Å². The minimum atomic E-state index is -0.479. The lowest BCUT2D eigenvalue weighted by Crippen LogP contribution is -2.40. The summed E-state index contributed by atoms with van der Waals surface area (Å²) >= 11 is 0. The normalized spacial score (nSPS) is 11.3. The zero-order valence-corrected chi connectivity index (χ0v) is 14.5. The molecule has 0 spiro atoms. The minimum Gasteiger partial charge on any atom is -0.497 e. The van der Waals surface area contributed by atoms with Crippen LogP contribution in [0.5, 0.6) is 11.5 Å². The van der Waals surface area contributed by atoms with Gasteiger partial charge < -0.3 is 14.8 Å². The summed E-state index contributed by atoms with van der Waals surface area (Å²) in [4.78, 5) is 12.2. The molecule has 4 nitrogen and oxygen atoms in total. The quantitative estimate of drug-likeness (QED) is 0.823. The maximum Gasteiger partial charge on any atom is 0.244 e. The summed E-state index contributed by atoms with van der Waals surface area (Å²) in [5.74, 6) is 1.43. The van der Waals surface area contributed by atoms with Gasteiger partial charge in [0.25, 0.3) is 0 Å². The molecule has 2 aromatic carbocycles. The van der Waals surface area contributed by atoms with Gasteiger partial charge in [0.1, 0.15) is 11.5 Å². The van der Waals surface area contributed by atoms with Crippen LogP contribution < -0.4 is 14.8 Å². The number of rotatable bonds is 6. The van der Waals surface area contributed by atoms with Crippen molar-refractivity contribution < 1.29 is 14.3 Å². The third kappa shape index (κ3) is 4.62. The molecular weight excluding hydrogens is 302 g/mol. The Labute approximate surface area is 143 Å². The van der Waals surface area contributed by atoms with Crippen molar-refractivity contribution in [1.82, 2.24) is 5.32 Å². The van der Waals surface area contributed by atoms with E-state index in [1.54, 1.807) is 20.3 Å². The standard InChI is InChI=1S/C20H23NO3/c1-20(2,16-8-12-18(24-4)13-9-16)21-19(22)14-7-15-5-10-17(23-3)11-6-15/h5-14H,1-4H3,(H,21,22)/b14-7+. The molecule has 4 heteroatoms. The van der Waals surface area contributed by atoms with Crippen LogP contribution in [0.3, 0.4) is 0 Å². The highest BCUT2D eigenvalue weighted by atomic mass is 16.5. The number of nitrogens with one attached hydrogen (secondary N) is 1. The van der Waals surface area contributed by atoms with Gasteiger partial charge in [0, 0.05) is 6.08 Å². The molecule has 0 aliphatic heterocycles. The number of hydrogen-bond acceptors (Lipinski definition) is 3. The second kappa shape index (κ2) is 7.68. The number of methoxy groups -OCH3 is 2. The number of amides is 1. The molecule has 126 valence electrons. The van der Waals surface area contributed by atoms with Crippen LogP contribution in [0.1, 0.15) is 25.0 Å². The van der Waals surface area contributed by atoms with E-state index in [0.29, 0.717) is 0 Å². The molecule has 0 aliphatic rings. The van der Waals surface area contributed by atoms with Gasteiger partial charge in [-0.1, -0.05) is 24.3 Å². The summed E-state index contributed by atoms with van der Waals surface area (Å²) in [6, 6.07) is 15.2. The molecule has 0 bridgehead atoms. The second-order valence-electron chi connectivity index (χ2n) is 5.95. The number of carbonyl (C=O) groups excluding carboxylic acids is 1. The summed E-state index contributed by atoms with van der Waals surface area (Å²) in [6.07, 6.45) is 3.31. The van der Waals surface area contributed by atoms with Crippen molar-refractivity contribution in [3.8, 4) is 11.5 Å². The van der Waals surface area contributed by atoms with E-state index < -0.39 is 5.54 Å². The molecule has 0 heterocycles. The second-order valence-corrected chi connectivity index (χ2v) is 5.95. The van der Waals surface area contributed by atoms with E-state index in [4.69, 9.17) is 9.47 Å². The van der Waals surface area contributed by atoms with Crippen LogP contribution in [0.25, 0.3) is 6.08 Å². The zero-order chi connectivity index (χ0) is 17.6. The molecule has 2 aromatic rings. The van der Waals surface area contributed by atoms with E-state index >= 15 is 0 Å². The Morgan fingerprint density at radius 1 is 0.917 bits per heavy atom. The molecule has 0 unspecified atom stereocenters. The van der Waals surface area contributed by atoms with Gasteiger partial charge in [-0.05, 0) is 55.3 Å². The van der Waals surface area contributed by atoms with Crippen molar-refractivity contribution in [2.75, 3.05) is 14.2 Å². The molecular formula is C20H23NO3. The first-order valence-corrected chi connectivity index (χ1v) is 7.73. The fraction of sp³-hybridized carbons (Fsp3) is 0.250. The lowest BCUT2D eigenvalue weighted by Gasteiger charge is -2.26. The van der Waals surface area contributed by atoms with Crippen molar-refractivity contribution in [2.45, 2.75) is 19.4 Å². The van der Waals surface area contributed by atoms with Crippen LogP contribution in [0.4, 0.5) is 0 Å². The fourth-order valence-electron chi connectivity index (χ4n) is 2.32. The largest absolute Gasteiger partial charge is 0.497 e. The summed E-state index contributed by atoms with van der Waals surface area (Å²) in [5.41, 5.74) is 1.47. The number of hydrogen-bond donors (Lipinski definition) is 1. The van der Waals surface area contributed by atoms with Gasteiger partial charge >= 0.3 is 0 Å². The molecule has 0 radical (unpaired) electrons. The summed E-state index contributed by atoms with van der Waals surface area (Å²) in [5, 5.41) is 3.01. The van der Waals surface area contributed by atoms with E-state index in [1.165, 1.54) is 6.08 Å². The van der Waals surface area contributed by atoms with Crippen molar-refractivity contribution in [2.24, 2.45) is 0 Å². The molecule has 0 fully saturated rings. The molecule has 1 N–H and O–H groups in total. The monoisotopic (exact) mass is 325 g/mol. The van der Waals surface area contributed by atoms with Crippen LogP contribution in [0.2, 0.25) is 0 Å². The maximum absolute atomic E-state index is 12.2. The summed E-state index contributed by atoms with van der Waals surface area (Å²) in [6.45, 7) is 3.93. The van der Waals surface area contributed by atoms with Crippen LogP contribution in [0, 0.1) is 0 Å². The highest BCUT2D eigenvalue weighted by Crippen LogP contribution is 2.22. The first kappa shape index (κ1) is 17.6. The van der Waals surface area contributed by atoms with E-state index in [1.807, 2.05) is 62.4 Å². The van der Waals surface area contributed by atoms with Gasteiger partial charge in [0.05, 0.1) is 19.8 Å². The smallest absolute Gasteiger partial charge is 0.244 e. The molecule has 0 aliphatic carbocycles. The van der Waals surface area contributed by atoms with E-state index in [9.17, 15) is 4.79 Å². The zero-order valence-electron chi connectivity index (χ0n) is 14.5. The molecule has 2 rings (SSSR count). The van der Waals surface area contributed by atoms with Crippen LogP contribution >= 0.6 is 0 Å². The van der Waals surface area contributed by atoms with E-state index in [2.05, 4.69) is 5.32 Å². The molecule has 1 amide bonds. The van der Waals surface area contributed by atoms with Gasteiger partial charge in [0.15, 0.2) is 0 Å². The Kier molecular flexibility index (Phi) is 5.64. The highest BCUT2D eigenvalue weighted by Gasteiger charge is 2.21. The fourth-order valence-corrected chi connectivity index (χ4v) is 2.32. The van der Waals surface area contributed by atoms with E-state index in [-0.39, 0.29) is 5.91 Å². The van der Waals surface area contributed by atoms with Crippen molar-refractivity contribution >= 4 is 12.0 Å². The van der Waals surface area contributed by atoms with E-state index in [0.717, 1.165) is 22.6 Å². The van der Waals surface area contributed by atoms with Gasteiger partial charge in [-0.2, -0.15) is 0 Å². The Balaban J connectivity index is 2.02. The molecule has 0 saturated carbocycles. The predicted molar refractivity (Wildman–Crippen MR) is 96.2 cm³/mol. The van der Waals surface area contributed by atoms with Gasteiger partial charge in [-0.3, -0.25) is 4.79 Å². The molecule has 0 aromatic heterocycles. The van der Waals surface area contributed by atoms with Gasteiger partial charge in [-0.15, -0.1) is 0 Å². The lowest BCUT2D eigenvalue weighted by molar-refractivity contribution is -0.118. The SMILES string of the molecule is COc1ccc(/C=C/C(=O)NC(C)(C)c2ccc(OC)cc2)cc1. The number of ether oxygens (including phenoxy) is 2. The third-order valence-electron chi connectivity index (χ3n) is 3.79. The average molecular weight is 325 g/mol. The number of carbonyl (C=O) groups is 1. The predicted octanol–water partition coefficient (Wildman–Crippen LogP) is 3.77. The lowest BCUT2D eigenvalue weighted by atomic mass is 9.94. The van der Waals surface area contributed by atoms with Crippen molar-refractivity contribution in [3.63, 3.8) is 0 Å². The Morgan fingerprint density at radius 3 is 1.92 bits per heavy atom. The maximum atomic E-state index is 12.2. The summed E-state index contributed by atoms with van der Waals surface area (Å²) in [7, 11) is 3.26. The van der Waals surface area contributed by atoms with Crippen LogP contribution in [0.15, 0.2) is 54.6 Å². The van der Waals surface area contributed by atoms with Crippen molar-refractivity contribution in [3.05, 3.63) is 65.7 Å². The number of benzene rings is 2. The molecule has 0 atom stereocenters. The topological polar surface area (TPSA) is 47.6 Å². The Bertz CT molecular complexity index is 701. The first-order chi connectivity index (χ1) is 11.4. The molecule has 0 saturated heterocycles. The Hall–Kier alpha value is -2.75.